The fraction of sp³-hybridized carbons (Fsp3) is 0.333. The Morgan fingerprint density at radius 3 is 2.76 bits per heavy atom. The van der Waals surface area contributed by atoms with E-state index in [4.69, 9.17) is 9.26 Å². The summed E-state index contributed by atoms with van der Waals surface area (Å²) in [7, 11) is 0. The topological polar surface area (TPSA) is 64.4 Å². The number of carbonyl (C=O) groups is 1. The molecule has 0 aliphatic heterocycles. The molecule has 0 fully saturated rings. The first-order valence-electron chi connectivity index (χ1n) is 6.52. The number of halogens is 1. The number of hydrogen-bond donors (Lipinski definition) is 1. The van der Waals surface area contributed by atoms with Gasteiger partial charge in [-0.05, 0) is 26.8 Å². The average Bonchev–Trinajstić information content (AvgIpc) is 2.83. The van der Waals surface area contributed by atoms with E-state index in [0.29, 0.717) is 11.5 Å². The monoisotopic (exact) mass is 352 g/mol. The minimum atomic E-state index is -0.522. The van der Waals surface area contributed by atoms with Crippen molar-refractivity contribution in [2.24, 2.45) is 0 Å². The van der Waals surface area contributed by atoms with Crippen LogP contribution in [0.3, 0.4) is 0 Å². The number of rotatable bonds is 3. The van der Waals surface area contributed by atoms with Gasteiger partial charge in [-0.25, -0.2) is 4.79 Å². The van der Waals surface area contributed by atoms with E-state index in [1.165, 1.54) is 0 Å². The van der Waals surface area contributed by atoms with Crippen molar-refractivity contribution in [3.05, 3.63) is 40.6 Å². The van der Waals surface area contributed by atoms with E-state index in [-0.39, 0.29) is 6.54 Å². The molecule has 0 saturated carbocycles. The van der Waals surface area contributed by atoms with Gasteiger partial charge >= 0.3 is 6.09 Å². The van der Waals surface area contributed by atoms with Gasteiger partial charge in [-0.15, -0.1) is 0 Å². The van der Waals surface area contributed by atoms with Crippen molar-refractivity contribution in [2.75, 3.05) is 0 Å². The quantitative estimate of drug-likeness (QED) is 0.901. The van der Waals surface area contributed by atoms with Crippen molar-refractivity contribution in [3.8, 4) is 11.3 Å². The first-order valence-corrected chi connectivity index (χ1v) is 7.32. The van der Waals surface area contributed by atoms with Gasteiger partial charge < -0.3 is 14.6 Å². The van der Waals surface area contributed by atoms with Crippen molar-refractivity contribution in [2.45, 2.75) is 32.9 Å². The number of aromatic nitrogens is 1. The van der Waals surface area contributed by atoms with Crippen molar-refractivity contribution < 1.29 is 14.1 Å². The predicted molar refractivity (Wildman–Crippen MR) is 82.7 cm³/mol. The minimum absolute atomic E-state index is 0.229. The summed E-state index contributed by atoms with van der Waals surface area (Å²) in [5, 5.41) is 6.63. The summed E-state index contributed by atoms with van der Waals surface area (Å²) < 4.78 is 11.3. The number of amides is 1. The third-order valence-electron chi connectivity index (χ3n) is 2.51. The summed E-state index contributed by atoms with van der Waals surface area (Å²) in [6.45, 7) is 5.66. The molecule has 0 aliphatic rings. The summed E-state index contributed by atoms with van der Waals surface area (Å²) >= 11 is 3.47. The maximum absolute atomic E-state index is 11.6. The van der Waals surface area contributed by atoms with Crippen LogP contribution in [0.15, 0.2) is 39.3 Å². The second-order valence-electron chi connectivity index (χ2n) is 5.51. The van der Waals surface area contributed by atoms with Crippen molar-refractivity contribution in [1.82, 2.24) is 10.5 Å². The molecule has 21 heavy (non-hydrogen) atoms. The number of nitrogens with one attached hydrogen (secondary N) is 1. The number of alkyl carbamates (subject to hydrolysis) is 1. The zero-order valence-corrected chi connectivity index (χ0v) is 13.7. The maximum atomic E-state index is 11.6. The smallest absolute Gasteiger partial charge is 0.408 e. The van der Waals surface area contributed by atoms with E-state index in [9.17, 15) is 4.79 Å². The highest BCUT2D eigenvalue weighted by molar-refractivity contribution is 9.10. The summed E-state index contributed by atoms with van der Waals surface area (Å²) in [4.78, 5) is 11.6. The summed E-state index contributed by atoms with van der Waals surface area (Å²) in [5.74, 6) is 0.562. The van der Waals surface area contributed by atoms with Gasteiger partial charge in [0.15, 0.2) is 5.76 Å². The predicted octanol–water partition coefficient (Wildman–Crippen LogP) is 4.13. The van der Waals surface area contributed by atoms with E-state index in [0.717, 1.165) is 10.0 Å². The van der Waals surface area contributed by atoms with Crippen LogP contribution in [0.1, 0.15) is 26.5 Å². The first-order chi connectivity index (χ1) is 9.85. The second kappa shape index (κ2) is 6.30. The lowest BCUT2D eigenvalue weighted by molar-refractivity contribution is 0.0519. The van der Waals surface area contributed by atoms with Crippen LogP contribution in [0.25, 0.3) is 11.3 Å². The molecule has 1 aromatic heterocycles. The minimum Gasteiger partial charge on any atom is -0.444 e. The average molecular weight is 353 g/mol. The normalized spacial score (nSPS) is 11.2. The van der Waals surface area contributed by atoms with Gasteiger partial charge in [-0.1, -0.05) is 39.3 Å². The molecule has 112 valence electrons. The Hall–Kier alpha value is -1.82. The van der Waals surface area contributed by atoms with Crippen molar-refractivity contribution in [1.29, 1.82) is 0 Å². The Bertz CT molecular complexity index is 632. The van der Waals surface area contributed by atoms with Gasteiger partial charge in [-0.2, -0.15) is 0 Å². The van der Waals surface area contributed by atoms with Crippen LogP contribution in [0.4, 0.5) is 4.79 Å². The van der Waals surface area contributed by atoms with Crippen LogP contribution in [0.5, 0.6) is 0 Å². The molecule has 0 unspecified atom stereocenters. The lowest BCUT2D eigenvalue weighted by atomic mass is 10.1. The van der Waals surface area contributed by atoms with E-state index in [2.05, 4.69) is 26.4 Å². The Labute approximate surface area is 131 Å². The molecular formula is C15H17BrN2O3. The first kappa shape index (κ1) is 15.6. The Morgan fingerprint density at radius 1 is 1.38 bits per heavy atom. The van der Waals surface area contributed by atoms with Crippen LogP contribution >= 0.6 is 15.9 Å². The lowest BCUT2D eigenvalue weighted by Crippen LogP contribution is -2.32. The lowest BCUT2D eigenvalue weighted by Gasteiger charge is -2.19. The maximum Gasteiger partial charge on any atom is 0.408 e. The fourth-order valence-corrected chi connectivity index (χ4v) is 2.15. The van der Waals surface area contributed by atoms with Crippen molar-refractivity contribution >= 4 is 22.0 Å². The molecule has 0 saturated heterocycles. The molecule has 1 aromatic carbocycles. The van der Waals surface area contributed by atoms with Gasteiger partial charge in [-0.3, -0.25) is 0 Å². The summed E-state index contributed by atoms with van der Waals surface area (Å²) in [6.07, 6.45) is -0.485. The second-order valence-corrected chi connectivity index (χ2v) is 6.37. The molecule has 0 atom stereocenters. The SMILES string of the molecule is CC(C)(C)OC(=O)NCc1cc(-c2ccccc2Br)no1. The van der Waals surface area contributed by atoms with Crippen LogP contribution < -0.4 is 5.32 Å². The number of nitrogens with zero attached hydrogens (tertiary/aromatic N) is 1. The van der Waals surface area contributed by atoms with Crippen LogP contribution in [-0.4, -0.2) is 16.9 Å². The van der Waals surface area contributed by atoms with Gasteiger partial charge in [0.1, 0.15) is 11.3 Å². The summed E-state index contributed by atoms with van der Waals surface area (Å²) in [6, 6.07) is 9.51. The highest BCUT2D eigenvalue weighted by atomic mass is 79.9. The zero-order valence-electron chi connectivity index (χ0n) is 12.1. The van der Waals surface area contributed by atoms with E-state index in [1.807, 2.05) is 45.0 Å². The van der Waals surface area contributed by atoms with Gasteiger partial charge in [0.2, 0.25) is 0 Å². The van der Waals surface area contributed by atoms with E-state index >= 15 is 0 Å². The molecule has 2 rings (SSSR count). The molecular weight excluding hydrogens is 336 g/mol. The number of benzene rings is 1. The van der Waals surface area contributed by atoms with E-state index < -0.39 is 11.7 Å². The number of hydrogen-bond acceptors (Lipinski definition) is 4. The Morgan fingerprint density at radius 2 is 2.10 bits per heavy atom. The number of ether oxygens (including phenoxy) is 1. The molecule has 5 nitrogen and oxygen atoms in total. The molecule has 0 spiro atoms. The number of carbonyl (C=O) groups excluding carboxylic acids is 1. The molecule has 2 aromatic rings. The molecule has 1 heterocycles. The molecule has 6 heteroatoms. The van der Waals surface area contributed by atoms with Gasteiger partial charge in [0, 0.05) is 16.1 Å². The highest BCUT2D eigenvalue weighted by Gasteiger charge is 2.16. The molecule has 0 aliphatic carbocycles. The fourth-order valence-electron chi connectivity index (χ4n) is 1.67. The molecule has 0 radical (unpaired) electrons. The molecule has 1 N–H and O–H groups in total. The van der Waals surface area contributed by atoms with Crippen LogP contribution in [0.2, 0.25) is 0 Å². The van der Waals surface area contributed by atoms with Crippen LogP contribution in [0, 0.1) is 0 Å². The summed E-state index contributed by atoms with van der Waals surface area (Å²) in [5.41, 5.74) is 1.12. The third kappa shape index (κ3) is 4.60. The standard InChI is InChI=1S/C15H17BrN2O3/c1-15(2,3)20-14(19)17-9-10-8-13(18-21-10)11-6-4-5-7-12(11)16/h4-8H,9H2,1-3H3,(H,17,19). The Balaban J connectivity index is 1.98. The molecule has 1 amide bonds. The largest absolute Gasteiger partial charge is 0.444 e. The van der Waals surface area contributed by atoms with Gasteiger partial charge in [0.25, 0.3) is 0 Å². The highest BCUT2D eigenvalue weighted by Crippen LogP contribution is 2.27. The molecule has 0 bridgehead atoms. The van der Waals surface area contributed by atoms with Gasteiger partial charge in [0.05, 0.1) is 6.54 Å². The Kier molecular flexibility index (Phi) is 4.67. The zero-order chi connectivity index (χ0) is 15.5. The van der Waals surface area contributed by atoms with Crippen LogP contribution in [-0.2, 0) is 11.3 Å². The third-order valence-corrected chi connectivity index (χ3v) is 3.21. The van der Waals surface area contributed by atoms with Crippen molar-refractivity contribution in [3.63, 3.8) is 0 Å². The van der Waals surface area contributed by atoms with E-state index in [1.54, 1.807) is 6.07 Å².